The van der Waals surface area contributed by atoms with E-state index in [4.69, 9.17) is 4.74 Å². The maximum atomic E-state index is 13.6. The van der Waals surface area contributed by atoms with E-state index in [1.807, 2.05) is 36.1 Å². The molecule has 2 aliphatic rings. The van der Waals surface area contributed by atoms with Crippen LogP contribution in [0, 0.1) is 0 Å². The van der Waals surface area contributed by atoms with Crippen molar-refractivity contribution in [3.05, 3.63) is 53.5 Å². The molecular formula is C24H28F3N5O. The van der Waals surface area contributed by atoms with Crippen molar-refractivity contribution in [1.82, 2.24) is 25.0 Å². The Morgan fingerprint density at radius 3 is 2.88 bits per heavy atom. The van der Waals surface area contributed by atoms with Gasteiger partial charge < -0.3 is 4.74 Å². The fourth-order valence-corrected chi connectivity index (χ4v) is 5.12. The quantitative estimate of drug-likeness (QED) is 0.552. The van der Waals surface area contributed by atoms with E-state index in [1.54, 1.807) is 12.4 Å². The van der Waals surface area contributed by atoms with E-state index in [-0.39, 0.29) is 25.4 Å². The third-order valence-corrected chi connectivity index (χ3v) is 6.70. The monoisotopic (exact) mass is 459 g/mol. The molecule has 4 heterocycles. The standard InChI is InChI=1S/C24H28F3N5O/c1-15-10-18-17(5-6-20-19(18)11-29-30-20)24(32(15)14-22(26)27)23-21(4-2-8-28-23)33-16-12-31(13-16)9-3-7-25/h2,4-6,8,11,15-16,22,24H,3,7,9-10,12-14H2,1H3,(H,29,30)/t15-,24+/m1/s1. The Bertz CT molecular complexity index is 1100. The van der Waals surface area contributed by atoms with Gasteiger partial charge in [0, 0.05) is 37.3 Å². The van der Waals surface area contributed by atoms with E-state index >= 15 is 0 Å². The maximum Gasteiger partial charge on any atom is 0.251 e. The SMILES string of the molecule is C[C@@H]1Cc2c(ccc3[nH]ncc23)[C@@H](c2ncccc2OC2CN(CCCF)C2)N1CC(F)F. The predicted molar refractivity (Wildman–Crippen MR) is 119 cm³/mol. The molecule has 0 spiro atoms. The summed E-state index contributed by atoms with van der Waals surface area (Å²) >= 11 is 0. The van der Waals surface area contributed by atoms with Crippen LogP contribution in [0.25, 0.3) is 10.9 Å². The Morgan fingerprint density at radius 1 is 1.24 bits per heavy atom. The van der Waals surface area contributed by atoms with E-state index in [2.05, 4.69) is 20.1 Å². The summed E-state index contributed by atoms with van der Waals surface area (Å²) < 4.78 is 46.0. The highest BCUT2D eigenvalue weighted by atomic mass is 19.3. The fraction of sp³-hybridized carbons (Fsp3) is 0.500. The molecule has 9 heteroatoms. The van der Waals surface area contributed by atoms with Gasteiger partial charge in [0.15, 0.2) is 0 Å². The molecule has 2 aliphatic heterocycles. The highest BCUT2D eigenvalue weighted by Crippen LogP contribution is 2.43. The first kappa shape index (κ1) is 22.2. The molecule has 176 valence electrons. The number of likely N-dealkylation sites (tertiary alicyclic amines) is 1. The van der Waals surface area contributed by atoms with Gasteiger partial charge in [-0.05, 0) is 49.1 Å². The Kier molecular flexibility index (Phi) is 6.25. The van der Waals surface area contributed by atoms with E-state index in [1.165, 1.54) is 0 Å². The Labute approximate surface area is 190 Å². The first-order chi connectivity index (χ1) is 16.0. The number of H-pyrrole nitrogens is 1. The first-order valence-electron chi connectivity index (χ1n) is 11.4. The van der Waals surface area contributed by atoms with Crippen molar-refractivity contribution in [2.45, 2.75) is 44.4 Å². The number of benzene rings is 1. The van der Waals surface area contributed by atoms with Crippen molar-refractivity contribution >= 4 is 10.9 Å². The summed E-state index contributed by atoms with van der Waals surface area (Å²) in [5, 5.41) is 8.19. The number of aromatic nitrogens is 3. The van der Waals surface area contributed by atoms with Crippen molar-refractivity contribution in [3.8, 4) is 5.75 Å². The molecule has 1 aromatic carbocycles. The van der Waals surface area contributed by atoms with Crippen LogP contribution in [0.15, 0.2) is 36.7 Å². The summed E-state index contributed by atoms with van der Waals surface area (Å²) in [5.41, 5.74) is 3.66. The zero-order chi connectivity index (χ0) is 22.9. The molecule has 5 rings (SSSR count). The molecule has 0 unspecified atom stereocenters. The third-order valence-electron chi connectivity index (χ3n) is 6.70. The zero-order valence-electron chi connectivity index (χ0n) is 18.6. The number of alkyl halides is 3. The number of rotatable bonds is 8. The van der Waals surface area contributed by atoms with Crippen LogP contribution in [0.4, 0.5) is 13.2 Å². The van der Waals surface area contributed by atoms with Gasteiger partial charge in [-0.25, -0.2) is 8.78 Å². The van der Waals surface area contributed by atoms with Gasteiger partial charge in [0.1, 0.15) is 17.5 Å². The fourth-order valence-electron chi connectivity index (χ4n) is 5.12. The molecule has 33 heavy (non-hydrogen) atoms. The summed E-state index contributed by atoms with van der Waals surface area (Å²) in [6, 6.07) is 7.06. The van der Waals surface area contributed by atoms with Crippen molar-refractivity contribution in [2.24, 2.45) is 0 Å². The van der Waals surface area contributed by atoms with E-state index in [9.17, 15) is 13.2 Å². The second-order valence-electron chi connectivity index (χ2n) is 8.94. The number of hydrogen-bond acceptors (Lipinski definition) is 5. The summed E-state index contributed by atoms with van der Waals surface area (Å²) in [6.45, 7) is 3.48. The molecule has 0 bridgehead atoms. The van der Waals surface area contributed by atoms with Crippen LogP contribution < -0.4 is 4.74 Å². The maximum absolute atomic E-state index is 13.6. The minimum absolute atomic E-state index is 0.0204. The number of aromatic amines is 1. The summed E-state index contributed by atoms with van der Waals surface area (Å²) in [7, 11) is 0. The minimum atomic E-state index is -2.46. The van der Waals surface area contributed by atoms with Crippen molar-refractivity contribution < 1.29 is 17.9 Å². The number of fused-ring (bicyclic) bond motifs is 3. The van der Waals surface area contributed by atoms with Crippen LogP contribution in [0.5, 0.6) is 5.75 Å². The molecule has 0 aliphatic carbocycles. The average Bonchev–Trinajstić information content (AvgIpc) is 3.25. The van der Waals surface area contributed by atoms with E-state index in [0.29, 0.717) is 30.8 Å². The normalized spacial score (nSPS) is 22.0. The topological polar surface area (TPSA) is 57.3 Å². The molecule has 3 aromatic rings. The molecule has 1 saturated heterocycles. The Hall–Kier alpha value is -2.65. The van der Waals surface area contributed by atoms with Gasteiger partial charge >= 0.3 is 0 Å². The van der Waals surface area contributed by atoms with Gasteiger partial charge in [0.2, 0.25) is 0 Å². The van der Waals surface area contributed by atoms with Gasteiger partial charge in [-0.3, -0.25) is 24.3 Å². The molecule has 1 fully saturated rings. The lowest BCUT2D eigenvalue weighted by Gasteiger charge is -2.43. The molecular weight excluding hydrogens is 431 g/mol. The van der Waals surface area contributed by atoms with Crippen molar-refractivity contribution in [1.29, 1.82) is 0 Å². The molecule has 0 radical (unpaired) electrons. The number of halogens is 3. The third kappa shape index (κ3) is 4.31. The summed E-state index contributed by atoms with van der Waals surface area (Å²) in [6.07, 6.45) is 2.19. The van der Waals surface area contributed by atoms with Crippen LogP contribution in [0.2, 0.25) is 0 Å². The van der Waals surface area contributed by atoms with Crippen LogP contribution in [0.3, 0.4) is 0 Å². The second-order valence-corrected chi connectivity index (χ2v) is 8.94. The van der Waals surface area contributed by atoms with Gasteiger partial charge in [-0.15, -0.1) is 0 Å². The first-order valence-corrected chi connectivity index (χ1v) is 11.4. The Balaban J connectivity index is 1.50. The minimum Gasteiger partial charge on any atom is -0.486 e. The van der Waals surface area contributed by atoms with Gasteiger partial charge in [0.25, 0.3) is 6.43 Å². The average molecular weight is 460 g/mol. The highest BCUT2D eigenvalue weighted by molar-refractivity contribution is 5.83. The second kappa shape index (κ2) is 9.30. The molecule has 1 N–H and O–H groups in total. The van der Waals surface area contributed by atoms with Crippen LogP contribution >= 0.6 is 0 Å². The zero-order valence-corrected chi connectivity index (χ0v) is 18.6. The lowest BCUT2D eigenvalue weighted by molar-refractivity contribution is 0.0142. The van der Waals surface area contributed by atoms with Crippen LogP contribution in [-0.2, 0) is 6.42 Å². The van der Waals surface area contributed by atoms with Gasteiger partial charge in [0.05, 0.1) is 31.0 Å². The number of nitrogens with one attached hydrogen (secondary N) is 1. The van der Waals surface area contributed by atoms with Gasteiger partial charge in [-0.1, -0.05) is 6.07 Å². The van der Waals surface area contributed by atoms with Crippen molar-refractivity contribution in [3.63, 3.8) is 0 Å². The Morgan fingerprint density at radius 2 is 2.09 bits per heavy atom. The number of ether oxygens (including phenoxy) is 1. The van der Waals surface area contributed by atoms with Crippen molar-refractivity contribution in [2.75, 3.05) is 32.9 Å². The molecule has 0 amide bonds. The van der Waals surface area contributed by atoms with Crippen LogP contribution in [-0.4, -0.2) is 76.4 Å². The largest absolute Gasteiger partial charge is 0.486 e. The summed E-state index contributed by atoms with van der Waals surface area (Å²) in [4.78, 5) is 8.63. The van der Waals surface area contributed by atoms with E-state index < -0.39 is 12.5 Å². The molecule has 0 saturated carbocycles. The van der Waals surface area contributed by atoms with Gasteiger partial charge in [-0.2, -0.15) is 5.10 Å². The lowest BCUT2D eigenvalue weighted by Crippen LogP contribution is -2.54. The predicted octanol–water partition coefficient (Wildman–Crippen LogP) is 3.98. The lowest BCUT2D eigenvalue weighted by atomic mass is 9.85. The molecule has 2 aromatic heterocycles. The number of hydrogen-bond donors (Lipinski definition) is 1. The van der Waals surface area contributed by atoms with Crippen LogP contribution in [0.1, 0.15) is 36.2 Å². The van der Waals surface area contributed by atoms with E-state index in [0.717, 1.165) is 35.1 Å². The smallest absolute Gasteiger partial charge is 0.251 e. The number of nitrogens with zero attached hydrogens (tertiary/aromatic N) is 4. The molecule has 2 atom stereocenters. The highest BCUT2D eigenvalue weighted by Gasteiger charge is 2.38. The summed E-state index contributed by atoms with van der Waals surface area (Å²) in [5.74, 6) is 0.615. The molecule has 6 nitrogen and oxygen atoms in total. The number of pyridine rings is 1.